The summed E-state index contributed by atoms with van der Waals surface area (Å²) < 4.78 is 121. The van der Waals surface area contributed by atoms with Crippen molar-refractivity contribution >= 4 is 123 Å². The van der Waals surface area contributed by atoms with E-state index >= 15 is 0 Å². The summed E-state index contributed by atoms with van der Waals surface area (Å²) in [5, 5.41) is 43.6. The maximum atomic E-state index is 14.4. The summed E-state index contributed by atoms with van der Waals surface area (Å²) in [6.07, 6.45) is 2.12. The number of aromatic amines is 3. The molecule has 16 rings (SSSR count). The second-order valence-electron chi connectivity index (χ2n) is 39.9. The smallest absolute Gasteiger partial charge is 1.00 e. The monoisotopic (exact) mass is 2150 g/mol. The fraction of sp³-hybridized carbons (Fsp3) is 0.548. The molecular weight excluding hydrogens is 2030 g/mol. The van der Waals surface area contributed by atoms with Gasteiger partial charge in [0.15, 0.2) is 87.3 Å². The number of rotatable bonds is 20. The van der Waals surface area contributed by atoms with E-state index in [-0.39, 0.29) is 180 Å². The van der Waals surface area contributed by atoms with E-state index in [1.807, 2.05) is 92.9 Å². The van der Waals surface area contributed by atoms with Gasteiger partial charge in [0.2, 0.25) is 5.28 Å². The zero-order chi connectivity index (χ0) is 109. The number of fused-ring (bicyclic) bond motifs is 5. The number of urea groups is 1. The summed E-state index contributed by atoms with van der Waals surface area (Å²) in [5.41, 5.74) is 0.674. The van der Waals surface area contributed by atoms with Crippen molar-refractivity contribution in [2.75, 3.05) is 86.4 Å². The molecule has 0 aliphatic carbocycles. The van der Waals surface area contributed by atoms with Gasteiger partial charge in [0.1, 0.15) is 16.8 Å². The number of hydrogen-bond donors (Lipinski definition) is 8. The largest absolute Gasteiger partial charge is 1.00 e. The number of piperazine rings is 1. The number of aromatic nitrogens is 20. The number of hydrogen-bond acceptors (Lipinski definition) is 37. The van der Waals surface area contributed by atoms with E-state index in [0.29, 0.717) is 79.5 Å². The van der Waals surface area contributed by atoms with Crippen LogP contribution in [0.1, 0.15) is 245 Å². The third kappa shape index (κ3) is 25.8. The third-order valence-electron chi connectivity index (χ3n) is 24.1. The van der Waals surface area contributed by atoms with Gasteiger partial charge in [-0.3, -0.25) is 39.7 Å². The Labute approximate surface area is 910 Å². The van der Waals surface area contributed by atoms with Crippen LogP contribution < -0.4 is 96.9 Å². The normalized spacial score (nSPS) is 16.6. The molecule has 16 heterocycles. The molecule has 149 heavy (non-hydrogen) atoms. The van der Waals surface area contributed by atoms with Gasteiger partial charge in [0, 0.05) is 53.0 Å². The number of nitrogens with zero attached hydrogens (tertiary/aromatic N) is 24. The van der Waals surface area contributed by atoms with E-state index in [0.717, 1.165) is 80.7 Å². The van der Waals surface area contributed by atoms with Gasteiger partial charge in [-0.2, -0.15) is 49.6 Å². The maximum Gasteiger partial charge on any atom is 1.00 e. The van der Waals surface area contributed by atoms with Crippen LogP contribution in [0.15, 0.2) is 31.0 Å². The van der Waals surface area contributed by atoms with E-state index in [1.165, 1.54) is 9.80 Å². The number of amides is 6. The van der Waals surface area contributed by atoms with E-state index < -0.39 is 109 Å². The molecule has 56 heteroatoms. The van der Waals surface area contributed by atoms with Gasteiger partial charge in [0.05, 0.1) is 160 Å². The molecule has 0 aromatic carbocycles. The second kappa shape index (κ2) is 46.2. The molecule has 8 N–H and O–H groups in total. The molecule has 10 aromatic heterocycles. The Balaban J connectivity index is 0.000000191. The Morgan fingerprint density at radius 1 is 0.389 bits per heavy atom. The first kappa shape index (κ1) is 116. The molecule has 0 radical (unpaired) electrons. The van der Waals surface area contributed by atoms with Gasteiger partial charge in [-0.1, -0.05) is 0 Å². The van der Waals surface area contributed by atoms with Crippen molar-refractivity contribution in [3.8, 4) is 24.0 Å². The van der Waals surface area contributed by atoms with Gasteiger partial charge in [-0.05, 0) is 217 Å². The maximum absolute atomic E-state index is 14.4. The summed E-state index contributed by atoms with van der Waals surface area (Å²) in [6.45, 7) is 53.4. The Morgan fingerprint density at radius 2 is 0.671 bits per heavy atom. The quantitative estimate of drug-likeness (QED) is 0.00877. The van der Waals surface area contributed by atoms with Crippen LogP contribution in [0.5, 0.6) is 24.0 Å². The SMILES string of the molecule is CC(C)(C)OC(=O)N1Cc2c(Nc3nc(Cl)ncc3F)n[nH]c2C1(C)C.CCOC(=O)n1nc(Nc2nc(OCC)ncc2F)c2c1C(C)(C)N(C(=O)Cl)C2.CCOC(=O)n1nc(Nc2nc(OCC)ncc2F)c2c1C(C)(C)N(C(=O)OC(C)(C)C)C2.CCOc1ncc(F)c(Nc2n[nH]c3c2CN(C(=O)N2C[C@@H](C)N(C)C[C@@H]2C)C3(C)C)n1.CCOc1ncc(F)c(Nc2n[nH]c3c2CN(C(=O)OC(C)(C)C)C3(C)C)n1.[H-].[K+]. The predicted octanol–water partition coefficient (Wildman–Crippen LogP) is 14.3. The topological polar surface area (TPSA) is 536 Å². The van der Waals surface area contributed by atoms with Crippen LogP contribution in [-0.4, -0.2) is 265 Å². The van der Waals surface area contributed by atoms with Crippen LogP contribution in [0.25, 0.3) is 0 Å². The first-order chi connectivity index (χ1) is 69.2. The van der Waals surface area contributed by atoms with Crippen LogP contribution in [-0.2, 0) is 84.1 Å². The number of ether oxygens (including phenoxy) is 9. The molecule has 804 valence electrons. The average Bonchev–Trinajstić information content (AvgIpc) is 1.57. The summed E-state index contributed by atoms with van der Waals surface area (Å²) >= 11 is 11.4. The fourth-order valence-corrected chi connectivity index (χ4v) is 17.2. The first-order valence-electron chi connectivity index (χ1n) is 47.5. The first-order valence-corrected chi connectivity index (χ1v) is 48.2. The van der Waals surface area contributed by atoms with E-state index in [9.17, 15) is 55.5 Å². The Kier molecular flexibility index (Phi) is 36.0. The van der Waals surface area contributed by atoms with Gasteiger partial charge < -0.3 is 85.3 Å². The fourth-order valence-electron chi connectivity index (χ4n) is 16.8. The number of carbonyl (C=O) groups excluding carboxylic acids is 7. The summed E-state index contributed by atoms with van der Waals surface area (Å²) in [5.74, 6) is -2.45. The molecule has 2 atom stereocenters. The van der Waals surface area contributed by atoms with Crippen LogP contribution in [0.4, 0.5) is 114 Å². The van der Waals surface area contributed by atoms with Crippen molar-refractivity contribution < 1.29 is 151 Å². The Hall–Kier alpha value is -13.0. The minimum Gasteiger partial charge on any atom is -1.00 e. The molecule has 6 aliphatic heterocycles. The summed E-state index contributed by atoms with van der Waals surface area (Å²) in [4.78, 5) is 139. The van der Waals surface area contributed by atoms with Crippen molar-refractivity contribution in [3.63, 3.8) is 0 Å². The van der Waals surface area contributed by atoms with E-state index in [1.54, 1.807) is 99.8 Å². The van der Waals surface area contributed by atoms with Gasteiger partial charge in [-0.25, -0.2) is 75.6 Å². The molecule has 0 bridgehead atoms. The van der Waals surface area contributed by atoms with E-state index in [2.05, 4.69) is 143 Å². The van der Waals surface area contributed by atoms with Gasteiger partial charge in [-0.15, -0.1) is 10.2 Å². The van der Waals surface area contributed by atoms with Crippen molar-refractivity contribution in [2.45, 2.75) is 276 Å². The number of carbonyl (C=O) groups is 7. The predicted molar refractivity (Wildman–Crippen MR) is 529 cm³/mol. The molecule has 6 amide bonds. The van der Waals surface area contributed by atoms with Crippen LogP contribution in [0, 0.1) is 29.1 Å². The molecular formula is C93H126Cl2F5KN32O16. The minimum atomic E-state index is -0.974. The van der Waals surface area contributed by atoms with Crippen molar-refractivity contribution in [1.29, 1.82) is 0 Å². The second-order valence-corrected chi connectivity index (χ2v) is 40.6. The van der Waals surface area contributed by atoms with Crippen molar-refractivity contribution in [1.82, 2.24) is 134 Å². The van der Waals surface area contributed by atoms with Gasteiger partial charge >= 0.3 is 117 Å². The standard InChI is InChI=1S/C21H31FN8O2.C21H29FN6O5.C18H25FN6O3.C17H20ClFN6O4.C16H20ClFN6O2.K.H/c1-7-32-19-23-8-15(22)18(25-19)24-17-14-11-30(21(4,5)16(14)26-27-17)20(31)29-10-12(2)28(6)9-13(29)3;1-8-31-17-23-10-13(22)16(25-17)24-15-12-11-27(18(29)33-20(3,4)5)21(6,7)14(12)28(26-15)19(30)32-9-2;1-7-27-15-20-8-11(19)14(22-15)21-13-10-9-25(16(26)28-17(2,3)4)18(5,6)12(10)23-24-13;1-5-28-15-20-7-10(19)13(22-15)21-12-9-8-24(14(18)26)17(3,4)11(9)25(23-12)16(27)29-6-2;1-15(2,3)26-14(25)24-7-8-10(16(24,4)5)22-23-11(8)20-12-9(18)6-19-13(17)21-12;;/h8,12-13H,7,9-11H2,1-6H3,(H2,23,24,25,26,27);10H,8-9,11H2,1-7H3,(H,23,24,25,26);8H,7,9H2,1-6H3,(H2,20,21,22,23,24);7H,5-6,8H2,1-4H3,(H,20,21,22,23);6H,7H2,1-5H3,(H2,19,20,21,22,23);;/q;;;;;+1;-1/t12-,13+;;;;;;/m1....../s1. The zero-order valence-corrected chi connectivity index (χ0v) is 93.3. The Bertz CT molecular complexity index is 6590. The zero-order valence-electron chi connectivity index (χ0n) is 89.6. The van der Waals surface area contributed by atoms with E-state index in [4.69, 9.17) is 65.8 Å². The minimum absolute atomic E-state index is 0. The van der Waals surface area contributed by atoms with Crippen LogP contribution in [0.3, 0.4) is 0 Å². The van der Waals surface area contributed by atoms with Gasteiger partial charge in [0.25, 0.3) is 0 Å². The molecule has 0 saturated carbocycles. The van der Waals surface area contributed by atoms with Crippen molar-refractivity contribution in [2.24, 2.45) is 0 Å². The molecule has 0 unspecified atom stereocenters. The molecule has 6 aliphatic rings. The van der Waals surface area contributed by atoms with Crippen molar-refractivity contribution in [3.05, 3.63) is 122 Å². The molecule has 1 saturated heterocycles. The average molecular weight is 2150 g/mol. The third-order valence-corrected chi connectivity index (χ3v) is 24.5. The Morgan fingerprint density at radius 3 is 0.987 bits per heavy atom. The number of likely N-dealkylation sites (N-methyl/N-ethyl adjacent to an activating group) is 1. The molecule has 10 aromatic rings. The molecule has 1 fully saturated rings. The summed E-state index contributed by atoms with van der Waals surface area (Å²) in [7, 11) is 2.08. The number of H-pyrrole nitrogens is 3. The van der Waals surface area contributed by atoms with Crippen LogP contribution in [0.2, 0.25) is 5.28 Å². The number of anilines is 10. The molecule has 0 spiro atoms. The molecule has 48 nitrogen and oxygen atoms in total. The number of nitrogens with one attached hydrogen (secondary N) is 8. The summed E-state index contributed by atoms with van der Waals surface area (Å²) in [6, 6.07) is 0.506. The number of halogens is 7. The van der Waals surface area contributed by atoms with Crippen LogP contribution >= 0.6 is 23.2 Å².